The van der Waals surface area contributed by atoms with E-state index in [1.165, 1.54) is 16.8 Å². The normalized spacial score (nSPS) is 11.8. The maximum Gasteiger partial charge on any atom is 0.280 e. The maximum atomic E-state index is 13.6. The third-order valence-corrected chi connectivity index (χ3v) is 3.96. The number of halogens is 3. The summed E-state index contributed by atoms with van der Waals surface area (Å²) in [6, 6.07) is 3.54. The fourth-order valence-electron chi connectivity index (χ4n) is 1.82. The summed E-state index contributed by atoms with van der Waals surface area (Å²) in [4.78, 5) is 3.85. The minimum absolute atomic E-state index is 0.152. The Kier molecular flexibility index (Phi) is 4.10. The molecule has 0 N–H and O–H groups in total. The molecule has 0 bridgehead atoms. The molecule has 2 aromatic rings. The van der Waals surface area contributed by atoms with E-state index < -0.39 is 20.7 Å². The molecule has 8 heteroatoms. The van der Waals surface area contributed by atoms with E-state index in [1.54, 1.807) is 6.92 Å². The number of rotatable bonds is 4. The summed E-state index contributed by atoms with van der Waals surface area (Å²) >= 11 is 0. The van der Waals surface area contributed by atoms with Gasteiger partial charge in [-0.25, -0.2) is 22.2 Å². The van der Waals surface area contributed by atoms with Crippen LogP contribution in [-0.4, -0.2) is 18.0 Å². The van der Waals surface area contributed by atoms with Crippen molar-refractivity contribution in [1.29, 1.82) is 0 Å². The van der Waals surface area contributed by atoms with Gasteiger partial charge in [0.15, 0.2) is 5.03 Å². The van der Waals surface area contributed by atoms with E-state index in [1.807, 2.05) is 0 Å². The predicted molar refractivity (Wildman–Crippen MR) is 70.1 cm³/mol. The first-order valence-corrected chi connectivity index (χ1v) is 8.07. The second kappa shape index (κ2) is 5.49. The van der Waals surface area contributed by atoms with Crippen LogP contribution < -0.4 is 0 Å². The van der Waals surface area contributed by atoms with Crippen LogP contribution in [0.15, 0.2) is 29.4 Å². The summed E-state index contributed by atoms with van der Waals surface area (Å²) in [5, 5.41) is -0.326. The molecule has 0 radical (unpaired) electrons. The standard InChI is InChI=1S/C12H11ClF2N2O2S/c1-2-11-16-12(20(13,18)19)7-17(11)6-8-9(14)4-3-5-10(8)15/h3-5,7H,2,6H2,1H3. The molecule has 1 aromatic carbocycles. The number of aryl methyl sites for hydroxylation is 1. The zero-order chi connectivity index (χ0) is 14.9. The van der Waals surface area contributed by atoms with Crippen molar-refractivity contribution in [3.8, 4) is 0 Å². The van der Waals surface area contributed by atoms with Gasteiger partial charge in [0, 0.05) is 28.9 Å². The zero-order valence-electron chi connectivity index (χ0n) is 10.5. The monoisotopic (exact) mass is 320 g/mol. The molecule has 0 unspecified atom stereocenters. The predicted octanol–water partition coefficient (Wildman–Crippen LogP) is 2.70. The van der Waals surface area contributed by atoms with Crippen LogP contribution in [0.5, 0.6) is 0 Å². The second-order valence-electron chi connectivity index (χ2n) is 4.11. The number of aromatic nitrogens is 2. The SMILES string of the molecule is CCc1nc(S(=O)(=O)Cl)cn1Cc1c(F)cccc1F. The number of benzene rings is 1. The van der Waals surface area contributed by atoms with Gasteiger partial charge in [-0.05, 0) is 12.1 Å². The van der Waals surface area contributed by atoms with Crippen LogP contribution in [0.2, 0.25) is 0 Å². The van der Waals surface area contributed by atoms with Crippen molar-refractivity contribution in [2.75, 3.05) is 0 Å². The molecule has 108 valence electrons. The van der Waals surface area contributed by atoms with Crippen LogP contribution in [0.25, 0.3) is 0 Å². The second-order valence-corrected chi connectivity index (χ2v) is 6.63. The molecule has 0 saturated heterocycles. The van der Waals surface area contributed by atoms with Gasteiger partial charge < -0.3 is 4.57 Å². The largest absolute Gasteiger partial charge is 0.329 e. The molecular weight excluding hydrogens is 310 g/mol. The molecule has 0 aliphatic rings. The highest BCUT2D eigenvalue weighted by Crippen LogP contribution is 2.19. The van der Waals surface area contributed by atoms with Gasteiger partial charge in [-0.2, -0.15) is 0 Å². The first-order valence-electron chi connectivity index (χ1n) is 5.76. The molecule has 0 spiro atoms. The van der Waals surface area contributed by atoms with Gasteiger partial charge in [-0.1, -0.05) is 13.0 Å². The smallest absolute Gasteiger partial charge is 0.280 e. The quantitative estimate of drug-likeness (QED) is 0.814. The third-order valence-electron chi connectivity index (χ3n) is 2.79. The first-order chi connectivity index (χ1) is 9.32. The minimum Gasteiger partial charge on any atom is -0.329 e. The Balaban J connectivity index is 2.46. The number of imidazole rings is 1. The van der Waals surface area contributed by atoms with E-state index in [2.05, 4.69) is 4.98 Å². The van der Waals surface area contributed by atoms with Crippen molar-refractivity contribution in [2.24, 2.45) is 0 Å². The van der Waals surface area contributed by atoms with Crippen molar-refractivity contribution >= 4 is 19.7 Å². The van der Waals surface area contributed by atoms with Gasteiger partial charge in [-0.15, -0.1) is 0 Å². The Morgan fingerprint density at radius 1 is 1.30 bits per heavy atom. The molecule has 4 nitrogen and oxygen atoms in total. The molecule has 1 aromatic heterocycles. The molecule has 0 saturated carbocycles. The average molecular weight is 321 g/mol. The van der Waals surface area contributed by atoms with Crippen molar-refractivity contribution in [3.63, 3.8) is 0 Å². The lowest BCUT2D eigenvalue weighted by Gasteiger charge is -2.08. The van der Waals surface area contributed by atoms with Crippen molar-refractivity contribution in [3.05, 3.63) is 47.4 Å². The Hall–Kier alpha value is -1.47. The third kappa shape index (κ3) is 2.99. The lowest BCUT2D eigenvalue weighted by molar-refractivity contribution is 0.541. The van der Waals surface area contributed by atoms with Gasteiger partial charge >= 0.3 is 0 Å². The maximum absolute atomic E-state index is 13.6. The molecule has 2 rings (SSSR count). The molecule has 0 amide bonds. The van der Waals surface area contributed by atoms with E-state index >= 15 is 0 Å². The summed E-state index contributed by atoms with van der Waals surface area (Å²) in [6.07, 6.45) is 1.58. The van der Waals surface area contributed by atoms with Crippen LogP contribution in [0.1, 0.15) is 18.3 Å². The fourth-order valence-corrected chi connectivity index (χ4v) is 2.51. The number of hydrogen-bond acceptors (Lipinski definition) is 3. The molecule has 0 atom stereocenters. The van der Waals surface area contributed by atoms with Gasteiger partial charge in [0.2, 0.25) is 0 Å². The molecular formula is C12H11ClF2N2O2S. The molecule has 0 fully saturated rings. The molecule has 0 aliphatic heterocycles. The van der Waals surface area contributed by atoms with Crippen molar-refractivity contribution in [1.82, 2.24) is 9.55 Å². The number of nitrogens with zero attached hydrogens (tertiary/aromatic N) is 2. The van der Waals surface area contributed by atoms with E-state index in [4.69, 9.17) is 10.7 Å². The first kappa shape index (κ1) is 14.9. The topological polar surface area (TPSA) is 52.0 Å². The average Bonchev–Trinajstić information content (AvgIpc) is 2.77. The highest BCUT2D eigenvalue weighted by Gasteiger charge is 2.18. The van der Waals surface area contributed by atoms with Crippen molar-refractivity contribution < 1.29 is 17.2 Å². The summed E-state index contributed by atoms with van der Waals surface area (Å²) in [6.45, 7) is 1.60. The van der Waals surface area contributed by atoms with Gasteiger partial charge in [0.1, 0.15) is 17.5 Å². The van der Waals surface area contributed by atoms with E-state index in [9.17, 15) is 17.2 Å². The van der Waals surface area contributed by atoms with Crippen LogP contribution in [0.3, 0.4) is 0 Å². The van der Waals surface area contributed by atoms with E-state index in [0.29, 0.717) is 12.2 Å². The molecule has 0 aliphatic carbocycles. The number of hydrogen-bond donors (Lipinski definition) is 0. The van der Waals surface area contributed by atoms with Gasteiger partial charge in [0.25, 0.3) is 9.05 Å². The van der Waals surface area contributed by atoms with Crippen LogP contribution in [-0.2, 0) is 22.0 Å². The highest BCUT2D eigenvalue weighted by molar-refractivity contribution is 8.13. The van der Waals surface area contributed by atoms with Crippen LogP contribution in [0, 0.1) is 11.6 Å². The lowest BCUT2D eigenvalue weighted by atomic mass is 10.2. The summed E-state index contributed by atoms with van der Waals surface area (Å²) in [5.74, 6) is -1.01. The Labute approximate surface area is 119 Å². The van der Waals surface area contributed by atoms with Gasteiger partial charge in [-0.3, -0.25) is 0 Å². The Morgan fingerprint density at radius 3 is 2.40 bits per heavy atom. The van der Waals surface area contributed by atoms with E-state index in [-0.39, 0.29) is 17.1 Å². The summed E-state index contributed by atoms with van der Waals surface area (Å²) < 4.78 is 51.0. The molecule has 20 heavy (non-hydrogen) atoms. The zero-order valence-corrected chi connectivity index (χ0v) is 12.0. The summed E-state index contributed by atoms with van der Waals surface area (Å²) in [5.41, 5.74) is -0.155. The Bertz CT molecular complexity index is 724. The van der Waals surface area contributed by atoms with Crippen LogP contribution >= 0.6 is 10.7 Å². The van der Waals surface area contributed by atoms with Gasteiger partial charge in [0.05, 0.1) is 6.54 Å². The minimum atomic E-state index is -3.97. The van der Waals surface area contributed by atoms with Crippen LogP contribution in [0.4, 0.5) is 8.78 Å². The highest BCUT2D eigenvalue weighted by atomic mass is 35.7. The molecule has 1 heterocycles. The van der Waals surface area contributed by atoms with E-state index in [0.717, 1.165) is 12.1 Å². The Morgan fingerprint density at radius 2 is 1.90 bits per heavy atom. The summed E-state index contributed by atoms with van der Waals surface area (Å²) in [7, 11) is 1.24. The lowest BCUT2D eigenvalue weighted by Crippen LogP contribution is -2.07. The fraction of sp³-hybridized carbons (Fsp3) is 0.250. The van der Waals surface area contributed by atoms with Crippen molar-refractivity contribution in [2.45, 2.75) is 24.9 Å².